The van der Waals surface area contributed by atoms with Crippen LogP contribution in [0.1, 0.15) is 82.4 Å². The molecule has 0 fully saturated rings. The number of fused-ring (bicyclic) bond motifs is 2. The number of unbranched alkanes of at least 4 members (excludes halogenated alkanes) is 2. The monoisotopic (exact) mass is 491 g/mol. The van der Waals surface area contributed by atoms with Crippen molar-refractivity contribution in [3.05, 3.63) is 64.7 Å². The third kappa shape index (κ3) is 5.48. The van der Waals surface area contributed by atoms with Crippen LogP contribution in [0.25, 0.3) is 5.57 Å². The maximum Gasteiger partial charge on any atom is 0.233 e. The van der Waals surface area contributed by atoms with Crippen LogP contribution in [0.5, 0.6) is 11.5 Å². The Morgan fingerprint density at radius 1 is 1.14 bits per heavy atom. The van der Waals surface area contributed by atoms with Crippen molar-refractivity contribution in [2.45, 2.75) is 77.7 Å². The molecule has 2 unspecified atom stereocenters. The average molecular weight is 492 g/mol. The molecule has 6 nitrogen and oxygen atoms in total. The van der Waals surface area contributed by atoms with Gasteiger partial charge in [-0.3, -0.25) is 0 Å². The van der Waals surface area contributed by atoms with E-state index in [1.54, 1.807) is 0 Å². The van der Waals surface area contributed by atoms with Crippen molar-refractivity contribution in [2.75, 3.05) is 13.1 Å². The summed E-state index contributed by atoms with van der Waals surface area (Å²) in [6.45, 7) is 9.84. The number of hydrogen-bond donors (Lipinski definition) is 3. The van der Waals surface area contributed by atoms with E-state index in [-0.39, 0.29) is 11.7 Å². The summed E-state index contributed by atoms with van der Waals surface area (Å²) in [6, 6.07) is 14.7. The maximum absolute atomic E-state index is 11.2. The number of oxime groups is 1. The number of rotatable bonds is 8. The Bertz CT molecular complexity index is 1120. The number of hydrogen-bond acceptors (Lipinski definition) is 4. The molecule has 0 saturated heterocycles. The van der Waals surface area contributed by atoms with Crippen molar-refractivity contribution in [1.82, 2.24) is 4.90 Å². The van der Waals surface area contributed by atoms with Crippen LogP contribution >= 0.6 is 0 Å². The molecule has 6 heteroatoms. The molecule has 36 heavy (non-hydrogen) atoms. The van der Waals surface area contributed by atoms with Gasteiger partial charge in [-0.2, -0.15) is 0 Å². The lowest BCUT2D eigenvalue weighted by molar-refractivity contribution is 0.134. The lowest BCUT2D eigenvalue weighted by Gasteiger charge is -2.42. The van der Waals surface area contributed by atoms with Gasteiger partial charge in [0.05, 0.1) is 5.56 Å². The third-order valence-corrected chi connectivity index (χ3v) is 8.12. The van der Waals surface area contributed by atoms with E-state index in [1.165, 1.54) is 24.8 Å². The molecule has 194 valence electrons. The summed E-state index contributed by atoms with van der Waals surface area (Å²) in [6.07, 6.45) is 6.68. The van der Waals surface area contributed by atoms with Crippen molar-refractivity contribution in [1.29, 1.82) is 0 Å². The molecule has 2 aliphatic rings. The van der Waals surface area contributed by atoms with Crippen LogP contribution in [0, 0.1) is 5.92 Å². The molecule has 0 spiro atoms. The fourth-order valence-corrected chi connectivity index (χ4v) is 5.72. The number of aromatic hydroxyl groups is 1. The van der Waals surface area contributed by atoms with E-state index in [4.69, 9.17) is 15.7 Å². The second-order valence-corrected chi connectivity index (χ2v) is 11.0. The summed E-state index contributed by atoms with van der Waals surface area (Å²) in [5, 5.41) is 23.5. The zero-order valence-corrected chi connectivity index (χ0v) is 22.1. The van der Waals surface area contributed by atoms with Crippen LogP contribution in [0.15, 0.2) is 53.2 Å². The molecule has 0 saturated carbocycles. The summed E-state index contributed by atoms with van der Waals surface area (Å²) in [5.74, 6) is 1.86. The van der Waals surface area contributed by atoms with Gasteiger partial charge < -0.3 is 25.7 Å². The fourth-order valence-electron chi connectivity index (χ4n) is 5.72. The summed E-state index contributed by atoms with van der Waals surface area (Å²) in [5.41, 5.74) is 10.9. The van der Waals surface area contributed by atoms with E-state index in [1.807, 2.05) is 11.0 Å². The highest BCUT2D eigenvalue weighted by Gasteiger charge is 2.39. The zero-order valence-electron chi connectivity index (χ0n) is 22.1. The standard InChI is InChI=1S/C30H41N3O3/c1-20(11-7-5-8-12-22-13-9-6-10-14-22)21(2)23-17-26(34)28-24-19-33(29(31)32-35)16-15-25(24)30(3,4)36-27(28)18-23/h6,9-10,13-14,17-18,20-21,34-35H,5,7-8,11-12,15-16,19H2,1-4H3,(H2,31,32). The van der Waals surface area contributed by atoms with Gasteiger partial charge in [0.2, 0.25) is 5.96 Å². The van der Waals surface area contributed by atoms with Crippen LogP contribution in [0.2, 0.25) is 0 Å². The number of phenols is 1. The number of phenolic OH excluding ortho intramolecular Hbond substituents is 1. The first kappa shape index (κ1) is 25.9. The van der Waals surface area contributed by atoms with Gasteiger partial charge in [0.1, 0.15) is 17.1 Å². The highest BCUT2D eigenvalue weighted by molar-refractivity contribution is 5.86. The topological polar surface area (TPSA) is 91.3 Å². The molecular weight excluding hydrogens is 450 g/mol. The van der Waals surface area contributed by atoms with Gasteiger partial charge in [-0.05, 0) is 79.4 Å². The SMILES string of the molecule is CC(CCCCCc1ccccc1)C(C)c1cc(O)c2c(c1)OC(C)(C)C1=C2CN(C(N)=NO)CC1. The molecular formula is C30H41N3O3. The number of aryl methyl sites for hydroxylation is 1. The van der Waals surface area contributed by atoms with Crippen LogP contribution in [0.3, 0.4) is 0 Å². The minimum absolute atomic E-state index is 0.0923. The van der Waals surface area contributed by atoms with Gasteiger partial charge in [-0.15, -0.1) is 0 Å². The van der Waals surface area contributed by atoms with E-state index >= 15 is 0 Å². The van der Waals surface area contributed by atoms with E-state index in [9.17, 15) is 5.11 Å². The van der Waals surface area contributed by atoms with Crippen LogP contribution < -0.4 is 10.5 Å². The molecule has 0 aromatic heterocycles. The van der Waals surface area contributed by atoms with Crippen LogP contribution in [-0.4, -0.2) is 39.9 Å². The van der Waals surface area contributed by atoms with Gasteiger partial charge in [-0.1, -0.05) is 68.6 Å². The molecule has 4 rings (SSSR count). The zero-order chi connectivity index (χ0) is 25.9. The molecule has 0 amide bonds. The Hall–Kier alpha value is -3.15. The van der Waals surface area contributed by atoms with E-state index < -0.39 is 5.60 Å². The summed E-state index contributed by atoms with van der Waals surface area (Å²) in [4.78, 5) is 1.83. The lowest BCUT2D eigenvalue weighted by atomic mass is 9.79. The second kappa shape index (κ2) is 10.9. The molecule has 2 atom stereocenters. The number of benzene rings is 2. The normalized spacial score (nSPS) is 18.8. The first-order chi connectivity index (χ1) is 17.2. The van der Waals surface area contributed by atoms with Gasteiger partial charge in [0.25, 0.3) is 0 Å². The minimum Gasteiger partial charge on any atom is -0.507 e. The van der Waals surface area contributed by atoms with Crippen molar-refractivity contribution in [3.8, 4) is 11.5 Å². The van der Waals surface area contributed by atoms with E-state index in [0.717, 1.165) is 47.3 Å². The minimum atomic E-state index is -0.474. The molecule has 2 aromatic rings. The van der Waals surface area contributed by atoms with Gasteiger partial charge in [0, 0.05) is 13.1 Å². The smallest absolute Gasteiger partial charge is 0.233 e. The quantitative estimate of drug-likeness (QED) is 0.133. The Morgan fingerprint density at radius 3 is 2.61 bits per heavy atom. The van der Waals surface area contributed by atoms with Crippen molar-refractivity contribution < 1.29 is 15.1 Å². The summed E-state index contributed by atoms with van der Waals surface area (Å²) in [7, 11) is 0. The molecule has 2 heterocycles. The maximum atomic E-state index is 11.2. The molecule has 2 aliphatic heterocycles. The molecule has 2 aromatic carbocycles. The Balaban J connectivity index is 1.45. The molecule has 0 radical (unpaired) electrons. The van der Waals surface area contributed by atoms with E-state index in [2.05, 4.69) is 69.2 Å². The van der Waals surface area contributed by atoms with Crippen LogP contribution in [-0.2, 0) is 6.42 Å². The van der Waals surface area contributed by atoms with Crippen molar-refractivity contribution >= 4 is 11.5 Å². The van der Waals surface area contributed by atoms with Gasteiger partial charge >= 0.3 is 0 Å². The number of nitrogens with zero attached hydrogens (tertiary/aromatic N) is 2. The largest absolute Gasteiger partial charge is 0.507 e. The van der Waals surface area contributed by atoms with Gasteiger partial charge in [0.15, 0.2) is 0 Å². The predicted octanol–water partition coefficient (Wildman–Crippen LogP) is 6.27. The third-order valence-electron chi connectivity index (χ3n) is 8.12. The highest BCUT2D eigenvalue weighted by atomic mass is 16.5. The Morgan fingerprint density at radius 2 is 1.89 bits per heavy atom. The average Bonchev–Trinajstić information content (AvgIpc) is 2.87. The second-order valence-electron chi connectivity index (χ2n) is 11.0. The van der Waals surface area contributed by atoms with E-state index in [0.29, 0.717) is 24.9 Å². The molecule has 0 aliphatic carbocycles. The number of ether oxygens (including phenoxy) is 1. The highest BCUT2D eigenvalue weighted by Crippen LogP contribution is 2.49. The summed E-state index contributed by atoms with van der Waals surface area (Å²) >= 11 is 0. The first-order valence-corrected chi connectivity index (χ1v) is 13.3. The predicted molar refractivity (Wildman–Crippen MR) is 146 cm³/mol. The molecule has 4 N–H and O–H groups in total. The Labute approximate surface area is 215 Å². The summed E-state index contributed by atoms with van der Waals surface area (Å²) < 4.78 is 6.47. The van der Waals surface area contributed by atoms with Gasteiger partial charge in [-0.25, -0.2) is 0 Å². The number of nitrogens with two attached hydrogens (primary N) is 1. The number of guanidine groups is 1. The Kier molecular flexibility index (Phi) is 7.82. The van der Waals surface area contributed by atoms with Crippen LogP contribution in [0.4, 0.5) is 0 Å². The fraction of sp³-hybridized carbons (Fsp3) is 0.500. The lowest BCUT2D eigenvalue weighted by Crippen LogP contribution is -2.46. The first-order valence-electron chi connectivity index (χ1n) is 13.3. The van der Waals surface area contributed by atoms with Crippen molar-refractivity contribution in [3.63, 3.8) is 0 Å². The molecule has 0 bridgehead atoms. The van der Waals surface area contributed by atoms with Crippen molar-refractivity contribution in [2.24, 2.45) is 16.8 Å².